The molecule has 1 aromatic rings. The molecule has 2 aliphatic rings. The van der Waals surface area contributed by atoms with Crippen LogP contribution in [0.1, 0.15) is 37.3 Å². The molecule has 1 saturated carbocycles. The highest BCUT2D eigenvalue weighted by Gasteiger charge is 2.37. The molecule has 1 saturated heterocycles. The van der Waals surface area contributed by atoms with Crippen molar-refractivity contribution in [2.75, 3.05) is 13.1 Å². The van der Waals surface area contributed by atoms with Crippen LogP contribution >= 0.6 is 0 Å². The highest BCUT2D eigenvalue weighted by Crippen LogP contribution is 2.30. The molecule has 0 bridgehead atoms. The monoisotopic (exact) mass is 246 g/mol. The Balaban J connectivity index is 1.58. The Morgan fingerprint density at radius 1 is 1.33 bits per heavy atom. The minimum absolute atomic E-state index is 0.160. The molecule has 0 aromatic carbocycles. The molecule has 2 unspecified atom stereocenters. The van der Waals surface area contributed by atoms with Gasteiger partial charge in [0.1, 0.15) is 6.07 Å². The second kappa shape index (κ2) is 4.71. The van der Waals surface area contributed by atoms with Gasteiger partial charge in [-0.1, -0.05) is 12.8 Å². The molecule has 1 aromatic heterocycles. The zero-order valence-corrected chi connectivity index (χ0v) is 10.4. The minimum Gasteiger partial charge on any atom is -0.391 e. The van der Waals surface area contributed by atoms with Crippen LogP contribution in [0.25, 0.3) is 0 Å². The SMILES string of the molecule is N#Cc1cnn(C2CN(C3CCCCC3O)C2)c1. The van der Waals surface area contributed by atoms with Crippen LogP contribution in [-0.4, -0.2) is 45.0 Å². The van der Waals surface area contributed by atoms with Gasteiger partial charge in [0.2, 0.25) is 0 Å². The molecule has 18 heavy (non-hydrogen) atoms. The quantitative estimate of drug-likeness (QED) is 0.842. The molecule has 5 heteroatoms. The Hall–Kier alpha value is -1.38. The highest BCUT2D eigenvalue weighted by atomic mass is 16.3. The van der Waals surface area contributed by atoms with Crippen LogP contribution in [-0.2, 0) is 0 Å². The second-order valence-corrected chi connectivity index (χ2v) is 5.35. The summed E-state index contributed by atoms with van der Waals surface area (Å²) < 4.78 is 1.88. The number of hydrogen-bond acceptors (Lipinski definition) is 4. The van der Waals surface area contributed by atoms with Gasteiger partial charge in [-0.25, -0.2) is 0 Å². The summed E-state index contributed by atoms with van der Waals surface area (Å²) >= 11 is 0. The molecule has 1 aliphatic carbocycles. The van der Waals surface area contributed by atoms with E-state index >= 15 is 0 Å². The van der Waals surface area contributed by atoms with Gasteiger partial charge in [0.05, 0.1) is 23.9 Å². The minimum atomic E-state index is -0.160. The zero-order chi connectivity index (χ0) is 12.5. The van der Waals surface area contributed by atoms with Gasteiger partial charge in [-0.05, 0) is 12.8 Å². The highest BCUT2D eigenvalue weighted by molar-refractivity contribution is 5.22. The van der Waals surface area contributed by atoms with Gasteiger partial charge in [0.15, 0.2) is 0 Å². The van der Waals surface area contributed by atoms with Crippen LogP contribution < -0.4 is 0 Å². The van der Waals surface area contributed by atoms with E-state index in [0.29, 0.717) is 17.6 Å². The lowest BCUT2D eigenvalue weighted by Gasteiger charge is -2.47. The molecular weight excluding hydrogens is 228 g/mol. The van der Waals surface area contributed by atoms with E-state index in [0.717, 1.165) is 32.4 Å². The number of aliphatic hydroxyl groups is 1. The third-order valence-electron chi connectivity index (χ3n) is 4.16. The van der Waals surface area contributed by atoms with Gasteiger partial charge < -0.3 is 5.11 Å². The average Bonchev–Trinajstić information content (AvgIpc) is 2.78. The predicted octanol–water partition coefficient (Wildman–Crippen LogP) is 0.915. The maximum Gasteiger partial charge on any atom is 0.102 e. The maximum absolute atomic E-state index is 10.00. The third kappa shape index (κ3) is 2.02. The second-order valence-electron chi connectivity index (χ2n) is 5.35. The van der Waals surface area contributed by atoms with E-state index in [-0.39, 0.29) is 6.10 Å². The number of nitrogens with zero attached hydrogens (tertiary/aromatic N) is 4. The topological polar surface area (TPSA) is 65.1 Å². The van der Waals surface area contributed by atoms with Crippen LogP contribution in [0, 0.1) is 11.3 Å². The smallest absolute Gasteiger partial charge is 0.102 e. The van der Waals surface area contributed by atoms with Gasteiger partial charge in [-0.2, -0.15) is 10.4 Å². The van der Waals surface area contributed by atoms with Crippen molar-refractivity contribution in [3.8, 4) is 6.07 Å². The van der Waals surface area contributed by atoms with Gasteiger partial charge in [-0.3, -0.25) is 9.58 Å². The Morgan fingerprint density at radius 3 is 2.78 bits per heavy atom. The zero-order valence-electron chi connectivity index (χ0n) is 10.4. The van der Waals surface area contributed by atoms with E-state index in [9.17, 15) is 5.11 Å². The molecule has 5 nitrogen and oxygen atoms in total. The summed E-state index contributed by atoms with van der Waals surface area (Å²) in [6.07, 6.45) is 7.68. The summed E-state index contributed by atoms with van der Waals surface area (Å²) in [5, 5.41) is 23.0. The summed E-state index contributed by atoms with van der Waals surface area (Å²) in [5.41, 5.74) is 0.617. The van der Waals surface area contributed by atoms with Crippen molar-refractivity contribution in [3.05, 3.63) is 18.0 Å². The van der Waals surface area contributed by atoms with E-state index < -0.39 is 0 Å². The Bertz CT molecular complexity index is 458. The first-order chi connectivity index (χ1) is 8.78. The van der Waals surface area contributed by atoms with Crippen LogP contribution in [0.2, 0.25) is 0 Å². The predicted molar refractivity (Wildman–Crippen MR) is 65.8 cm³/mol. The standard InChI is InChI=1S/C13H18N4O/c14-5-10-6-15-17(7-10)11-8-16(9-11)12-3-1-2-4-13(12)18/h6-7,11-13,18H,1-4,8-9H2. The first-order valence-electron chi connectivity index (χ1n) is 6.64. The number of aromatic nitrogens is 2. The number of hydrogen-bond donors (Lipinski definition) is 1. The lowest BCUT2D eigenvalue weighted by Crippen LogP contribution is -2.57. The molecular formula is C13H18N4O. The van der Waals surface area contributed by atoms with Crippen molar-refractivity contribution in [2.45, 2.75) is 43.9 Å². The number of rotatable bonds is 2. The summed E-state index contributed by atoms with van der Waals surface area (Å²) in [7, 11) is 0. The fraction of sp³-hybridized carbons (Fsp3) is 0.692. The van der Waals surface area contributed by atoms with E-state index in [1.165, 1.54) is 6.42 Å². The average molecular weight is 246 g/mol. The Kier molecular flexibility index (Phi) is 3.06. The van der Waals surface area contributed by atoms with Crippen molar-refractivity contribution >= 4 is 0 Å². The van der Waals surface area contributed by atoms with Gasteiger partial charge in [0, 0.05) is 25.3 Å². The van der Waals surface area contributed by atoms with Crippen LogP contribution in [0.4, 0.5) is 0 Å². The Labute approximate surface area is 107 Å². The molecule has 3 rings (SSSR count). The van der Waals surface area contributed by atoms with Crippen molar-refractivity contribution in [1.82, 2.24) is 14.7 Å². The Morgan fingerprint density at radius 2 is 2.11 bits per heavy atom. The molecule has 2 heterocycles. The molecule has 96 valence electrons. The van der Waals surface area contributed by atoms with Crippen molar-refractivity contribution < 1.29 is 5.11 Å². The normalized spacial score (nSPS) is 29.8. The molecule has 2 fully saturated rings. The number of nitriles is 1. The summed E-state index contributed by atoms with van der Waals surface area (Å²) in [4.78, 5) is 2.35. The van der Waals surface area contributed by atoms with Crippen molar-refractivity contribution in [2.24, 2.45) is 0 Å². The van der Waals surface area contributed by atoms with E-state index in [1.807, 2.05) is 4.68 Å². The van der Waals surface area contributed by atoms with Gasteiger partial charge >= 0.3 is 0 Å². The molecule has 0 amide bonds. The van der Waals surface area contributed by atoms with Gasteiger partial charge in [0.25, 0.3) is 0 Å². The lowest BCUT2D eigenvalue weighted by molar-refractivity contribution is -0.0342. The van der Waals surface area contributed by atoms with E-state index in [2.05, 4.69) is 16.1 Å². The maximum atomic E-state index is 10.00. The third-order valence-corrected chi connectivity index (χ3v) is 4.16. The number of aliphatic hydroxyl groups excluding tert-OH is 1. The molecule has 2 atom stereocenters. The van der Waals surface area contributed by atoms with E-state index in [1.54, 1.807) is 12.4 Å². The van der Waals surface area contributed by atoms with Crippen molar-refractivity contribution in [1.29, 1.82) is 5.26 Å². The van der Waals surface area contributed by atoms with E-state index in [4.69, 9.17) is 5.26 Å². The molecule has 1 N–H and O–H groups in total. The fourth-order valence-corrected chi connectivity index (χ4v) is 3.04. The molecule has 1 aliphatic heterocycles. The summed E-state index contributed by atoms with van der Waals surface area (Å²) in [6.45, 7) is 1.88. The molecule has 0 spiro atoms. The number of likely N-dealkylation sites (tertiary alicyclic amines) is 1. The van der Waals surface area contributed by atoms with Crippen LogP contribution in [0.3, 0.4) is 0 Å². The van der Waals surface area contributed by atoms with Crippen LogP contribution in [0.5, 0.6) is 0 Å². The van der Waals surface area contributed by atoms with Crippen molar-refractivity contribution in [3.63, 3.8) is 0 Å². The molecule has 0 radical (unpaired) electrons. The largest absolute Gasteiger partial charge is 0.391 e. The van der Waals surface area contributed by atoms with Crippen LogP contribution in [0.15, 0.2) is 12.4 Å². The summed E-state index contributed by atoms with van der Waals surface area (Å²) in [5.74, 6) is 0. The first-order valence-corrected chi connectivity index (χ1v) is 6.64. The van der Waals surface area contributed by atoms with Gasteiger partial charge in [-0.15, -0.1) is 0 Å². The summed E-state index contributed by atoms with van der Waals surface area (Å²) in [6, 6.07) is 2.79. The first kappa shape index (κ1) is 11.7. The lowest BCUT2D eigenvalue weighted by atomic mass is 9.89. The fourth-order valence-electron chi connectivity index (χ4n) is 3.04.